The van der Waals surface area contributed by atoms with E-state index in [-0.39, 0.29) is 19.4 Å². The number of carbonyl (C=O) groups is 12. The monoisotopic (exact) mass is 936 g/mol. The molecular weight excluding hydrogens is 876 g/mol. The SMILES string of the molecule is C[C@H](NC(=O)[C@H](C)NC(=O)[C@H](CCC(=O)O)NC(=O)[C@@H](N)CC(=O)O)C(=O)N[C@@H](Cc1ccccc1)C(=O)N[C@@H](C)C(=O)N[C@@H](C)C(=O)N[C@@H](CCCCN)C(=O)N[C@@H](CC(=O)O)C(=O)O. The number of carbonyl (C=O) groups excluding carboxylic acids is 8. The molecule has 9 atom stereocenters. The van der Waals surface area contributed by atoms with Crippen LogP contribution in [0.4, 0.5) is 0 Å². The van der Waals surface area contributed by atoms with Crippen molar-refractivity contribution in [2.75, 3.05) is 6.54 Å². The van der Waals surface area contributed by atoms with Crippen LogP contribution in [0.2, 0.25) is 0 Å². The zero-order chi connectivity index (χ0) is 50.3. The molecule has 0 saturated carbocycles. The molecule has 0 unspecified atom stereocenters. The standard InChI is InChI=1S/C40H60N10O16/c1-19(45-37(62)26(13-14-29(51)52)48-36(61)24(42)17-30(53)54)32(57)44-22(4)35(60)49-27(16-23-10-6-5-7-11-23)39(64)46-20(2)33(58)43-21(3)34(59)47-25(12-8-9-15-41)38(63)50-28(40(65)66)18-31(55)56/h5-7,10-11,19-22,24-28H,8-9,12-18,41-42H2,1-4H3,(H,43,58)(H,44,57)(H,45,62)(H,46,64)(H,47,59)(H,48,61)(H,49,60)(H,50,63)(H,51,52)(H,53,54)(H,55,56)(H,65,66)/t19-,20-,21-,22-,24-,25-,26-,27-,28-/m0/s1. The first-order valence-corrected chi connectivity index (χ1v) is 20.7. The van der Waals surface area contributed by atoms with E-state index < -0.39 is 151 Å². The van der Waals surface area contributed by atoms with Gasteiger partial charge in [-0.3, -0.25) is 52.7 Å². The summed E-state index contributed by atoms with van der Waals surface area (Å²) in [7, 11) is 0. The summed E-state index contributed by atoms with van der Waals surface area (Å²) < 4.78 is 0. The number of hydrogen-bond acceptors (Lipinski definition) is 14. The quantitative estimate of drug-likeness (QED) is 0.0324. The fourth-order valence-corrected chi connectivity index (χ4v) is 5.72. The van der Waals surface area contributed by atoms with Gasteiger partial charge in [0, 0.05) is 12.8 Å². The van der Waals surface area contributed by atoms with Crippen molar-refractivity contribution in [1.29, 1.82) is 0 Å². The van der Waals surface area contributed by atoms with Crippen LogP contribution < -0.4 is 54.0 Å². The summed E-state index contributed by atoms with van der Waals surface area (Å²) in [5.74, 6) is -13.4. The van der Waals surface area contributed by atoms with Gasteiger partial charge >= 0.3 is 23.9 Å². The lowest BCUT2D eigenvalue weighted by atomic mass is 10.0. The number of carboxylic acids is 4. The number of nitrogens with two attached hydrogens (primary N) is 2. The molecule has 26 nitrogen and oxygen atoms in total. The van der Waals surface area contributed by atoms with Gasteiger partial charge in [-0.15, -0.1) is 0 Å². The predicted octanol–water partition coefficient (Wildman–Crippen LogP) is -4.46. The first-order chi connectivity index (χ1) is 30.9. The second-order valence-corrected chi connectivity index (χ2v) is 15.2. The lowest BCUT2D eigenvalue weighted by Crippen LogP contribution is -2.59. The maximum absolute atomic E-state index is 13.6. The van der Waals surface area contributed by atoms with E-state index in [2.05, 4.69) is 42.5 Å². The van der Waals surface area contributed by atoms with Crippen molar-refractivity contribution in [2.45, 2.75) is 133 Å². The number of nitrogens with one attached hydrogen (secondary N) is 8. The van der Waals surface area contributed by atoms with Gasteiger partial charge in [0.2, 0.25) is 47.3 Å². The lowest BCUT2D eigenvalue weighted by Gasteiger charge is -2.25. The summed E-state index contributed by atoms with van der Waals surface area (Å²) in [6.07, 6.45) is -2.16. The summed E-state index contributed by atoms with van der Waals surface area (Å²) >= 11 is 0. The zero-order valence-electron chi connectivity index (χ0n) is 36.8. The van der Waals surface area contributed by atoms with Gasteiger partial charge in [-0.2, -0.15) is 0 Å². The number of carboxylic acid groups (broad SMARTS) is 4. The Hall–Kier alpha value is -7.22. The summed E-state index contributed by atoms with van der Waals surface area (Å²) in [5, 5.41) is 55.0. The van der Waals surface area contributed by atoms with Crippen LogP contribution in [0.25, 0.3) is 0 Å². The number of hydrogen-bond donors (Lipinski definition) is 14. The molecule has 0 aliphatic rings. The Morgan fingerprint density at radius 2 is 0.864 bits per heavy atom. The number of rotatable bonds is 30. The molecule has 26 heteroatoms. The summed E-state index contributed by atoms with van der Waals surface area (Å²) in [4.78, 5) is 149. The fourth-order valence-electron chi connectivity index (χ4n) is 5.72. The fraction of sp³-hybridized carbons (Fsp3) is 0.550. The highest BCUT2D eigenvalue weighted by molar-refractivity contribution is 5.98. The van der Waals surface area contributed by atoms with Gasteiger partial charge in [-0.1, -0.05) is 30.3 Å². The normalized spacial score (nSPS) is 14.9. The highest BCUT2D eigenvalue weighted by atomic mass is 16.4. The molecule has 66 heavy (non-hydrogen) atoms. The predicted molar refractivity (Wildman–Crippen MR) is 228 cm³/mol. The van der Waals surface area contributed by atoms with Crippen LogP contribution in [0.1, 0.15) is 78.2 Å². The van der Waals surface area contributed by atoms with Crippen LogP contribution in [-0.4, -0.2) is 152 Å². The number of aliphatic carboxylic acids is 4. The zero-order valence-corrected chi connectivity index (χ0v) is 36.8. The summed E-state index contributed by atoms with van der Waals surface area (Å²) in [6, 6.07) is -4.66. The average molecular weight is 937 g/mol. The minimum atomic E-state index is -1.80. The van der Waals surface area contributed by atoms with Crippen LogP contribution in [0, 0.1) is 0 Å². The Balaban J connectivity index is 3.05. The summed E-state index contributed by atoms with van der Waals surface area (Å²) in [5.41, 5.74) is 11.6. The minimum absolute atomic E-state index is 0.0139. The second kappa shape index (κ2) is 28.5. The molecular formula is C40H60N10O16. The number of benzene rings is 1. The third-order valence-corrected chi connectivity index (χ3v) is 9.51. The van der Waals surface area contributed by atoms with Crippen LogP contribution in [0.3, 0.4) is 0 Å². The molecule has 0 radical (unpaired) electrons. The van der Waals surface area contributed by atoms with Gasteiger partial charge in [0.1, 0.15) is 48.3 Å². The molecule has 366 valence electrons. The number of amides is 8. The van der Waals surface area contributed by atoms with E-state index in [0.29, 0.717) is 18.4 Å². The molecule has 0 spiro atoms. The molecule has 1 rings (SSSR count). The third kappa shape index (κ3) is 21.4. The third-order valence-electron chi connectivity index (χ3n) is 9.51. The Morgan fingerprint density at radius 3 is 1.32 bits per heavy atom. The Morgan fingerprint density at radius 1 is 0.470 bits per heavy atom. The summed E-state index contributed by atoms with van der Waals surface area (Å²) in [6.45, 7) is 5.25. The first-order valence-electron chi connectivity index (χ1n) is 20.7. The Bertz CT molecular complexity index is 1920. The van der Waals surface area contributed by atoms with E-state index in [1.54, 1.807) is 30.3 Å². The molecule has 0 aliphatic heterocycles. The molecule has 0 fully saturated rings. The van der Waals surface area contributed by atoms with Crippen molar-refractivity contribution in [3.05, 3.63) is 35.9 Å². The Kier molecular flexibility index (Phi) is 24.6. The van der Waals surface area contributed by atoms with Crippen LogP contribution >= 0.6 is 0 Å². The van der Waals surface area contributed by atoms with Gasteiger partial charge in [0.15, 0.2) is 0 Å². The molecule has 16 N–H and O–H groups in total. The molecule has 0 aliphatic carbocycles. The smallest absolute Gasteiger partial charge is 0.326 e. The lowest BCUT2D eigenvalue weighted by molar-refractivity contribution is -0.147. The van der Waals surface area contributed by atoms with Gasteiger partial charge in [0.25, 0.3) is 0 Å². The minimum Gasteiger partial charge on any atom is -0.481 e. The Labute approximate surface area is 378 Å². The van der Waals surface area contributed by atoms with Crippen molar-refractivity contribution in [3.63, 3.8) is 0 Å². The van der Waals surface area contributed by atoms with Gasteiger partial charge in [-0.25, -0.2) is 4.79 Å². The topological polar surface area (TPSA) is 434 Å². The number of unbranched alkanes of at least 4 members (excludes halogenated alkanes) is 1. The largest absolute Gasteiger partial charge is 0.481 e. The van der Waals surface area contributed by atoms with Crippen LogP contribution in [0.15, 0.2) is 30.3 Å². The highest BCUT2D eigenvalue weighted by Gasteiger charge is 2.33. The molecule has 0 aromatic heterocycles. The van der Waals surface area contributed by atoms with Crippen LogP contribution in [-0.2, 0) is 64.0 Å². The van der Waals surface area contributed by atoms with Crippen molar-refractivity contribution in [3.8, 4) is 0 Å². The van der Waals surface area contributed by atoms with E-state index in [4.69, 9.17) is 26.8 Å². The van der Waals surface area contributed by atoms with E-state index in [1.807, 2.05) is 0 Å². The van der Waals surface area contributed by atoms with Gasteiger partial charge in [0.05, 0.1) is 18.9 Å². The molecule has 0 heterocycles. The van der Waals surface area contributed by atoms with E-state index in [0.717, 1.165) is 0 Å². The maximum Gasteiger partial charge on any atom is 0.326 e. The van der Waals surface area contributed by atoms with Gasteiger partial charge in [-0.05, 0) is 65.5 Å². The molecule has 0 bridgehead atoms. The molecule has 0 saturated heterocycles. The first kappa shape index (κ1) is 56.8. The molecule has 8 amide bonds. The molecule has 1 aromatic rings. The van der Waals surface area contributed by atoms with Crippen LogP contribution in [0.5, 0.6) is 0 Å². The van der Waals surface area contributed by atoms with E-state index in [1.165, 1.54) is 27.7 Å². The van der Waals surface area contributed by atoms with E-state index in [9.17, 15) is 62.6 Å². The van der Waals surface area contributed by atoms with Crippen molar-refractivity contribution in [1.82, 2.24) is 42.5 Å². The van der Waals surface area contributed by atoms with Crippen molar-refractivity contribution in [2.24, 2.45) is 11.5 Å². The maximum atomic E-state index is 13.6. The molecule has 1 aromatic carbocycles. The van der Waals surface area contributed by atoms with Crippen molar-refractivity contribution < 1.29 is 78.0 Å². The van der Waals surface area contributed by atoms with Crippen molar-refractivity contribution >= 4 is 71.1 Å². The van der Waals surface area contributed by atoms with Gasteiger partial charge < -0.3 is 74.4 Å². The average Bonchev–Trinajstić information content (AvgIpc) is 3.23. The van der Waals surface area contributed by atoms with E-state index >= 15 is 0 Å². The second-order valence-electron chi connectivity index (χ2n) is 15.2. The highest BCUT2D eigenvalue weighted by Crippen LogP contribution is 2.07.